The van der Waals surface area contributed by atoms with E-state index in [1.807, 2.05) is 0 Å². The Morgan fingerprint density at radius 2 is 0.552 bits per heavy atom. The van der Waals surface area contributed by atoms with E-state index in [1.54, 1.807) is 0 Å². The van der Waals surface area contributed by atoms with Crippen molar-refractivity contribution in [2.24, 2.45) is 5.92 Å². The summed E-state index contributed by atoms with van der Waals surface area (Å²) >= 11 is 0. The van der Waals surface area contributed by atoms with E-state index < -0.39 is 0 Å². The third kappa shape index (κ3) is 24.1. The van der Waals surface area contributed by atoms with Gasteiger partial charge in [0.2, 0.25) is 0 Å². The van der Waals surface area contributed by atoms with E-state index in [4.69, 9.17) is 0 Å². The summed E-state index contributed by atoms with van der Waals surface area (Å²) in [5.74, 6) is 1.02. The minimum absolute atomic E-state index is 1.02. The summed E-state index contributed by atoms with van der Waals surface area (Å²) in [6.45, 7) is 7.03. The summed E-state index contributed by atoms with van der Waals surface area (Å²) < 4.78 is 0. The van der Waals surface area contributed by atoms with Crippen LogP contribution in [-0.2, 0) is 0 Å². The maximum absolute atomic E-state index is 2.42. The monoisotopic (exact) mass is 408 g/mol. The van der Waals surface area contributed by atoms with Crippen LogP contribution in [0.2, 0.25) is 0 Å². The molecule has 0 fully saturated rings. The van der Waals surface area contributed by atoms with Crippen molar-refractivity contribution in [2.75, 3.05) is 0 Å². The van der Waals surface area contributed by atoms with Crippen molar-refractivity contribution in [3.05, 3.63) is 0 Å². The van der Waals surface area contributed by atoms with Gasteiger partial charge < -0.3 is 0 Å². The number of hydrogen-bond donors (Lipinski definition) is 0. The Labute approximate surface area is 187 Å². The van der Waals surface area contributed by atoms with Crippen molar-refractivity contribution in [2.45, 2.75) is 181 Å². The first-order chi connectivity index (χ1) is 14.3. The minimum atomic E-state index is 1.02. The molecule has 0 saturated heterocycles. The largest absolute Gasteiger partial charge is 0.0654 e. The van der Waals surface area contributed by atoms with Gasteiger partial charge in [-0.25, -0.2) is 0 Å². The predicted molar refractivity (Wildman–Crippen MR) is 136 cm³/mol. The van der Waals surface area contributed by atoms with E-state index >= 15 is 0 Å². The number of hydrogen-bond acceptors (Lipinski definition) is 0. The highest BCUT2D eigenvalue weighted by molar-refractivity contribution is 4.59. The van der Waals surface area contributed by atoms with Gasteiger partial charge in [-0.2, -0.15) is 0 Å². The molecule has 0 aliphatic carbocycles. The fourth-order valence-corrected chi connectivity index (χ4v) is 4.75. The lowest BCUT2D eigenvalue weighted by atomic mass is 9.92. The smallest absolute Gasteiger partial charge is 0.0417 e. The summed E-state index contributed by atoms with van der Waals surface area (Å²) in [5, 5.41) is 0. The third-order valence-electron chi connectivity index (χ3n) is 7.01. The molecular weight excluding hydrogens is 348 g/mol. The average Bonchev–Trinajstić information content (AvgIpc) is 2.74. The van der Waals surface area contributed by atoms with Crippen molar-refractivity contribution in [3.8, 4) is 0 Å². The fraction of sp³-hybridized carbons (Fsp3) is 1.00. The fourth-order valence-electron chi connectivity index (χ4n) is 4.75. The summed E-state index contributed by atoms with van der Waals surface area (Å²) in [4.78, 5) is 0. The van der Waals surface area contributed by atoms with Crippen LogP contribution in [0.1, 0.15) is 181 Å². The van der Waals surface area contributed by atoms with E-state index in [0.29, 0.717) is 0 Å². The lowest BCUT2D eigenvalue weighted by Gasteiger charge is -2.14. The average molecular weight is 409 g/mol. The highest BCUT2D eigenvalue weighted by Gasteiger charge is 2.06. The van der Waals surface area contributed by atoms with Crippen LogP contribution >= 0.6 is 0 Å². The molecule has 0 aliphatic rings. The predicted octanol–water partition coefficient (Wildman–Crippen LogP) is 11.4. The quantitative estimate of drug-likeness (QED) is 0.132. The normalized spacial score (nSPS) is 12.5. The maximum atomic E-state index is 2.42. The first kappa shape index (κ1) is 29.0. The van der Waals surface area contributed by atoms with Gasteiger partial charge in [0.05, 0.1) is 0 Å². The van der Waals surface area contributed by atoms with Gasteiger partial charge in [-0.15, -0.1) is 0 Å². The van der Waals surface area contributed by atoms with Crippen molar-refractivity contribution in [1.82, 2.24) is 0 Å². The molecule has 176 valence electrons. The van der Waals surface area contributed by atoms with Gasteiger partial charge in [-0.05, 0) is 5.92 Å². The zero-order valence-corrected chi connectivity index (χ0v) is 21.3. The number of rotatable bonds is 25. The highest BCUT2D eigenvalue weighted by Crippen LogP contribution is 2.22. The van der Waals surface area contributed by atoms with Gasteiger partial charge in [-0.1, -0.05) is 181 Å². The zero-order chi connectivity index (χ0) is 21.3. The van der Waals surface area contributed by atoms with Crippen LogP contribution in [0.3, 0.4) is 0 Å². The molecule has 0 amide bonds. The van der Waals surface area contributed by atoms with Crippen LogP contribution in [0.25, 0.3) is 0 Å². The Morgan fingerprint density at radius 3 is 0.793 bits per heavy atom. The van der Waals surface area contributed by atoms with Gasteiger partial charge in [0.25, 0.3) is 0 Å². The van der Waals surface area contributed by atoms with E-state index in [-0.39, 0.29) is 0 Å². The Bertz CT molecular complexity index is 269. The van der Waals surface area contributed by atoms with Crippen LogP contribution < -0.4 is 0 Å². The molecule has 29 heavy (non-hydrogen) atoms. The second-order valence-electron chi connectivity index (χ2n) is 9.92. The summed E-state index contributed by atoms with van der Waals surface area (Å²) in [6.07, 6.45) is 36.8. The lowest BCUT2D eigenvalue weighted by molar-refractivity contribution is 0.392. The molecule has 0 rings (SSSR count). The van der Waals surface area contributed by atoms with Gasteiger partial charge >= 0.3 is 0 Å². The highest BCUT2D eigenvalue weighted by atomic mass is 14.1. The van der Waals surface area contributed by atoms with E-state index in [2.05, 4.69) is 20.8 Å². The van der Waals surface area contributed by atoms with E-state index in [1.165, 1.54) is 161 Å². The molecule has 0 aromatic carbocycles. The first-order valence-electron chi connectivity index (χ1n) is 14.3. The van der Waals surface area contributed by atoms with Crippen LogP contribution in [0.15, 0.2) is 0 Å². The number of unbranched alkanes of at least 4 members (excludes halogenated alkanes) is 20. The van der Waals surface area contributed by atoms with Crippen LogP contribution in [0.5, 0.6) is 0 Å². The maximum Gasteiger partial charge on any atom is -0.0417 e. The standard InChI is InChI=1S/C29H60/c1-4-7-9-11-13-15-16-17-18-19-20-22-24-26-28-29(6-3)27-25-23-21-14-12-10-8-5-2/h29H,4-28H2,1-3H3. The Morgan fingerprint density at radius 1 is 0.310 bits per heavy atom. The van der Waals surface area contributed by atoms with Crippen molar-refractivity contribution >= 4 is 0 Å². The third-order valence-corrected chi connectivity index (χ3v) is 7.01. The Hall–Kier alpha value is 0. The lowest BCUT2D eigenvalue weighted by Crippen LogP contribution is -1.99. The molecule has 0 saturated carbocycles. The van der Waals surface area contributed by atoms with E-state index in [9.17, 15) is 0 Å². The molecule has 0 heteroatoms. The molecule has 0 bridgehead atoms. The molecule has 1 atom stereocenters. The zero-order valence-electron chi connectivity index (χ0n) is 21.3. The molecule has 0 aromatic rings. The van der Waals surface area contributed by atoms with Gasteiger partial charge in [-0.3, -0.25) is 0 Å². The molecule has 0 N–H and O–H groups in total. The van der Waals surface area contributed by atoms with Crippen LogP contribution in [0, 0.1) is 5.92 Å². The molecule has 0 aliphatic heterocycles. The van der Waals surface area contributed by atoms with Crippen molar-refractivity contribution < 1.29 is 0 Å². The second kappa shape index (κ2) is 26.0. The van der Waals surface area contributed by atoms with Gasteiger partial charge in [0.15, 0.2) is 0 Å². The summed E-state index contributed by atoms with van der Waals surface area (Å²) in [5.41, 5.74) is 0. The van der Waals surface area contributed by atoms with Crippen LogP contribution in [0.4, 0.5) is 0 Å². The molecule has 0 spiro atoms. The molecule has 1 unspecified atom stereocenters. The SMILES string of the molecule is CCCCCCCCCCCCCCCCC(CC)CCCCCCCCCC. The van der Waals surface area contributed by atoms with E-state index in [0.717, 1.165) is 5.92 Å². The Balaban J connectivity index is 3.25. The molecule has 0 radical (unpaired) electrons. The summed E-state index contributed by atoms with van der Waals surface area (Å²) in [7, 11) is 0. The Kier molecular flexibility index (Phi) is 26.0. The molecule has 0 nitrogen and oxygen atoms in total. The minimum Gasteiger partial charge on any atom is -0.0654 e. The molecule has 0 heterocycles. The van der Waals surface area contributed by atoms with Gasteiger partial charge in [0.1, 0.15) is 0 Å². The first-order valence-corrected chi connectivity index (χ1v) is 14.3. The van der Waals surface area contributed by atoms with Crippen LogP contribution in [-0.4, -0.2) is 0 Å². The molecule has 0 aromatic heterocycles. The second-order valence-corrected chi connectivity index (χ2v) is 9.92. The summed E-state index contributed by atoms with van der Waals surface area (Å²) in [6, 6.07) is 0. The van der Waals surface area contributed by atoms with Gasteiger partial charge in [0, 0.05) is 0 Å². The topological polar surface area (TPSA) is 0 Å². The van der Waals surface area contributed by atoms with Crippen molar-refractivity contribution in [3.63, 3.8) is 0 Å². The van der Waals surface area contributed by atoms with Crippen molar-refractivity contribution in [1.29, 1.82) is 0 Å². The molecular formula is C29H60.